The number of benzene rings is 2. The maximum absolute atomic E-state index is 13.2. The highest BCUT2D eigenvalue weighted by Crippen LogP contribution is 2.34. The number of hydrogen-bond donors (Lipinski definition) is 2. The first kappa shape index (κ1) is 23.4. The van der Waals surface area contributed by atoms with E-state index in [0.717, 1.165) is 45.2 Å². The topological polar surface area (TPSA) is 61.4 Å². The van der Waals surface area contributed by atoms with Crippen LogP contribution in [-0.4, -0.2) is 36.0 Å². The quantitative estimate of drug-likeness (QED) is 0.537. The third-order valence-electron chi connectivity index (χ3n) is 7.12. The Hall–Kier alpha value is -2.73. The number of nitrogens with zero attached hydrogens (tertiary/aromatic N) is 1. The molecular weight excluding hydrogens is 417 g/mol. The number of ketones is 1. The molecule has 2 N–H and O–H groups in total. The minimum absolute atomic E-state index is 0.0219. The Labute approximate surface area is 195 Å². The predicted molar refractivity (Wildman–Crippen MR) is 129 cm³/mol. The summed E-state index contributed by atoms with van der Waals surface area (Å²) < 4.78 is 13.2. The lowest BCUT2D eigenvalue weighted by atomic mass is 9.78. The molecule has 0 aromatic heterocycles. The SMILES string of the molecule is CC(=O)c1cccc(NC(=O)NC(C2CCC(Cc3ccc(F)cc3)CC2)N2CCCC2)c1. The van der Waals surface area contributed by atoms with Crippen LogP contribution < -0.4 is 10.6 Å². The maximum Gasteiger partial charge on any atom is 0.320 e. The maximum atomic E-state index is 13.2. The Morgan fingerprint density at radius 2 is 1.73 bits per heavy atom. The summed E-state index contributed by atoms with van der Waals surface area (Å²) in [6.07, 6.45) is 7.74. The van der Waals surface area contributed by atoms with E-state index in [1.54, 1.807) is 36.4 Å². The molecule has 1 unspecified atom stereocenters. The van der Waals surface area contributed by atoms with Gasteiger partial charge in [-0.1, -0.05) is 24.3 Å². The second-order valence-corrected chi connectivity index (χ2v) is 9.53. The van der Waals surface area contributed by atoms with E-state index >= 15 is 0 Å². The fourth-order valence-corrected chi connectivity index (χ4v) is 5.31. The number of amides is 2. The van der Waals surface area contributed by atoms with Gasteiger partial charge in [-0.2, -0.15) is 0 Å². The number of halogens is 1. The summed E-state index contributed by atoms with van der Waals surface area (Å²) in [5.74, 6) is 0.815. The number of rotatable bonds is 7. The van der Waals surface area contributed by atoms with Crippen molar-refractivity contribution in [2.75, 3.05) is 18.4 Å². The molecule has 1 atom stereocenters. The molecule has 1 saturated carbocycles. The van der Waals surface area contributed by atoms with Gasteiger partial charge < -0.3 is 10.6 Å². The summed E-state index contributed by atoms with van der Waals surface area (Å²) in [4.78, 5) is 26.9. The number of nitrogens with one attached hydrogen (secondary N) is 2. The van der Waals surface area contributed by atoms with E-state index in [2.05, 4.69) is 15.5 Å². The Kier molecular flexibility index (Phi) is 7.76. The van der Waals surface area contributed by atoms with E-state index < -0.39 is 0 Å². The molecule has 1 aliphatic heterocycles. The van der Waals surface area contributed by atoms with Crippen LogP contribution in [0.3, 0.4) is 0 Å². The molecule has 1 aliphatic carbocycles. The van der Waals surface area contributed by atoms with E-state index in [-0.39, 0.29) is 23.8 Å². The van der Waals surface area contributed by atoms with Crippen molar-refractivity contribution in [3.8, 4) is 0 Å². The van der Waals surface area contributed by atoms with Crippen molar-refractivity contribution in [1.82, 2.24) is 10.2 Å². The van der Waals surface area contributed by atoms with Gasteiger partial charge in [-0.15, -0.1) is 0 Å². The fourth-order valence-electron chi connectivity index (χ4n) is 5.31. The summed E-state index contributed by atoms with van der Waals surface area (Å²) in [6.45, 7) is 3.55. The lowest BCUT2D eigenvalue weighted by Gasteiger charge is -2.39. The molecule has 4 rings (SSSR count). The highest BCUT2D eigenvalue weighted by Gasteiger charge is 2.33. The average Bonchev–Trinajstić information content (AvgIpc) is 3.34. The Morgan fingerprint density at radius 3 is 2.39 bits per heavy atom. The van der Waals surface area contributed by atoms with Crippen molar-refractivity contribution in [1.29, 1.82) is 0 Å². The first-order valence-corrected chi connectivity index (χ1v) is 12.1. The van der Waals surface area contributed by atoms with Crippen molar-refractivity contribution >= 4 is 17.5 Å². The number of hydrogen-bond acceptors (Lipinski definition) is 3. The number of carbonyl (C=O) groups excluding carboxylic acids is 2. The monoisotopic (exact) mass is 451 g/mol. The van der Waals surface area contributed by atoms with Crippen molar-refractivity contribution in [3.05, 3.63) is 65.5 Å². The molecule has 2 aromatic carbocycles. The van der Waals surface area contributed by atoms with Crippen LogP contribution in [0.5, 0.6) is 0 Å². The van der Waals surface area contributed by atoms with Gasteiger partial charge >= 0.3 is 6.03 Å². The lowest BCUT2D eigenvalue weighted by Crippen LogP contribution is -2.53. The van der Waals surface area contributed by atoms with Crippen LogP contribution in [0, 0.1) is 17.7 Å². The molecule has 0 bridgehead atoms. The summed E-state index contributed by atoms with van der Waals surface area (Å²) in [7, 11) is 0. The van der Waals surface area contributed by atoms with Gasteiger partial charge in [0.25, 0.3) is 0 Å². The van der Waals surface area contributed by atoms with Gasteiger partial charge in [0.05, 0.1) is 6.17 Å². The minimum Gasteiger partial charge on any atom is -0.322 e. The molecule has 6 heteroatoms. The van der Waals surface area contributed by atoms with Gasteiger partial charge in [-0.25, -0.2) is 9.18 Å². The number of anilines is 1. The van der Waals surface area contributed by atoms with Gasteiger partial charge in [-0.05, 0) is 93.5 Å². The largest absolute Gasteiger partial charge is 0.322 e. The average molecular weight is 452 g/mol. The molecule has 33 heavy (non-hydrogen) atoms. The number of urea groups is 1. The third kappa shape index (κ3) is 6.41. The second-order valence-electron chi connectivity index (χ2n) is 9.53. The van der Waals surface area contributed by atoms with Crippen LogP contribution in [0.25, 0.3) is 0 Å². The van der Waals surface area contributed by atoms with Gasteiger partial charge in [0, 0.05) is 24.3 Å². The summed E-state index contributed by atoms with van der Waals surface area (Å²) in [5.41, 5.74) is 2.41. The summed E-state index contributed by atoms with van der Waals surface area (Å²) >= 11 is 0. The zero-order valence-corrected chi connectivity index (χ0v) is 19.4. The van der Waals surface area contributed by atoms with Gasteiger partial charge in [0.1, 0.15) is 5.82 Å². The molecule has 2 aliphatic rings. The third-order valence-corrected chi connectivity index (χ3v) is 7.12. The summed E-state index contributed by atoms with van der Waals surface area (Å²) in [6, 6.07) is 13.7. The van der Waals surface area contributed by atoms with Crippen molar-refractivity contribution in [3.63, 3.8) is 0 Å². The number of Topliss-reactive ketones (excluding diaryl/α,β-unsaturated/α-hetero) is 1. The number of carbonyl (C=O) groups is 2. The van der Waals surface area contributed by atoms with Crippen molar-refractivity contribution in [2.24, 2.45) is 11.8 Å². The second kappa shape index (κ2) is 10.9. The minimum atomic E-state index is -0.221. The van der Waals surface area contributed by atoms with E-state index in [0.29, 0.717) is 23.1 Å². The van der Waals surface area contributed by atoms with Crippen molar-refractivity contribution < 1.29 is 14.0 Å². The van der Waals surface area contributed by atoms with E-state index in [1.807, 2.05) is 12.1 Å². The fraction of sp³-hybridized carbons (Fsp3) is 0.481. The van der Waals surface area contributed by atoms with Gasteiger partial charge in [0.15, 0.2) is 5.78 Å². The highest BCUT2D eigenvalue weighted by molar-refractivity contribution is 5.96. The molecule has 0 radical (unpaired) electrons. The van der Waals surface area contributed by atoms with Crippen LogP contribution in [0.15, 0.2) is 48.5 Å². The first-order valence-electron chi connectivity index (χ1n) is 12.1. The van der Waals surface area contributed by atoms with Crippen LogP contribution in [0.2, 0.25) is 0 Å². The van der Waals surface area contributed by atoms with Crippen LogP contribution in [-0.2, 0) is 6.42 Å². The molecule has 5 nitrogen and oxygen atoms in total. The zero-order chi connectivity index (χ0) is 23.2. The standard InChI is InChI=1S/C27H34FN3O2/c1-19(32)23-5-4-6-25(18-23)29-27(33)30-26(31-15-2-3-16-31)22-11-7-20(8-12-22)17-21-9-13-24(28)14-10-21/h4-6,9-10,13-14,18,20,22,26H,2-3,7-8,11-12,15-17H2,1H3,(H2,29,30,33). The molecule has 176 valence electrons. The van der Waals surface area contributed by atoms with Gasteiger partial charge in [-0.3, -0.25) is 9.69 Å². The normalized spacial score (nSPS) is 22.0. The predicted octanol–water partition coefficient (Wildman–Crippen LogP) is 5.62. The highest BCUT2D eigenvalue weighted by atomic mass is 19.1. The van der Waals surface area contributed by atoms with Crippen LogP contribution in [0.4, 0.5) is 14.9 Å². The Morgan fingerprint density at radius 1 is 1.03 bits per heavy atom. The molecule has 1 saturated heterocycles. The first-order chi connectivity index (χ1) is 16.0. The molecule has 1 heterocycles. The number of likely N-dealkylation sites (tertiary alicyclic amines) is 1. The molecule has 2 amide bonds. The molecule has 2 fully saturated rings. The molecular formula is C27H34FN3O2. The smallest absolute Gasteiger partial charge is 0.320 e. The molecule has 0 spiro atoms. The Bertz CT molecular complexity index is 948. The summed E-state index contributed by atoms with van der Waals surface area (Å²) in [5, 5.41) is 6.16. The van der Waals surface area contributed by atoms with Crippen LogP contribution >= 0.6 is 0 Å². The van der Waals surface area contributed by atoms with Crippen LogP contribution in [0.1, 0.15) is 61.4 Å². The molecule has 2 aromatic rings. The van der Waals surface area contributed by atoms with E-state index in [1.165, 1.54) is 25.3 Å². The van der Waals surface area contributed by atoms with Gasteiger partial charge in [0.2, 0.25) is 0 Å². The zero-order valence-electron chi connectivity index (χ0n) is 19.4. The lowest BCUT2D eigenvalue weighted by molar-refractivity contribution is 0.101. The van der Waals surface area contributed by atoms with Crippen molar-refractivity contribution in [2.45, 2.75) is 58.0 Å². The Balaban J connectivity index is 1.35. The van der Waals surface area contributed by atoms with E-state index in [9.17, 15) is 14.0 Å². The van der Waals surface area contributed by atoms with E-state index in [4.69, 9.17) is 0 Å².